The van der Waals surface area contributed by atoms with E-state index >= 15 is 0 Å². The molecule has 0 unspecified atom stereocenters. The van der Waals surface area contributed by atoms with E-state index in [2.05, 4.69) is 38.2 Å². The van der Waals surface area contributed by atoms with Crippen molar-refractivity contribution >= 4 is 17.9 Å². The van der Waals surface area contributed by atoms with Gasteiger partial charge in [0.05, 0.1) is 37.3 Å². The summed E-state index contributed by atoms with van der Waals surface area (Å²) in [5, 5.41) is 50.1. The number of ether oxygens (including phenoxy) is 2. The summed E-state index contributed by atoms with van der Waals surface area (Å²) in [6.45, 7) is 7.35. The van der Waals surface area contributed by atoms with Gasteiger partial charge in [0.2, 0.25) is 5.88 Å². The predicted molar refractivity (Wildman–Crippen MR) is 160 cm³/mol. The smallest absolute Gasteiger partial charge is 0.336 e. The Balaban J connectivity index is 0.000000315. The Bertz CT molecular complexity index is 1500. The van der Waals surface area contributed by atoms with Gasteiger partial charge in [-0.3, -0.25) is 14.5 Å². The number of aliphatic hydroxyl groups is 2. The summed E-state index contributed by atoms with van der Waals surface area (Å²) in [6, 6.07) is 10.6. The molecule has 3 aromatic rings. The summed E-state index contributed by atoms with van der Waals surface area (Å²) >= 11 is 0. The number of benzene rings is 1. The molecular weight excluding hydrogens is 602 g/mol. The molecule has 15 nitrogen and oxygen atoms in total. The molecule has 2 aromatic heterocycles. The maximum Gasteiger partial charge on any atom is 0.336 e. The zero-order valence-corrected chi connectivity index (χ0v) is 25.7. The first-order chi connectivity index (χ1) is 21.9. The topological polar surface area (TPSA) is 218 Å². The van der Waals surface area contributed by atoms with Gasteiger partial charge in [-0.1, -0.05) is 18.2 Å². The van der Waals surface area contributed by atoms with Crippen LogP contribution >= 0.6 is 0 Å². The minimum Gasteiger partial charge on any atom is -0.481 e. The van der Waals surface area contributed by atoms with E-state index in [0.29, 0.717) is 37.0 Å². The number of hydrogen-bond donors (Lipinski definition) is 5. The van der Waals surface area contributed by atoms with Crippen molar-refractivity contribution in [3.8, 4) is 17.6 Å². The summed E-state index contributed by atoms with van der Waals surface area (Å²) in [6.07, 6.45) is 4.84. The third-order valence-corrected chi connectivity index (χ3v) is 8.20. The van der Waals surface area contributed by atoms with Crippen LogP contribution in [0.15, 0.2) is 48.9 Å². The summed E-state index contributed by atoms with van der Waals surface area (Å²) in [7, 11) is 0. The molecule has 1 saturated carbocycles. The zero-order valence-electron chi connectivity index (χ0n) is 25.7. The molecule has 2 fully saturated rings. The van der Waals surface area contributed by atoms with Crippen molar-refractivity contribution in [1.29, 1.82) is 0 Å². The molecule has 0 radical (unpaired) electrons. The summed E-state index contributed by atoms with van der Waals surface area (Å²) < 4.78 is 13.2. The maximum absolute atomic E-state index is 11.9. The lowest BCUT2D eigenvalue weighted by Gasteiger charge is -2.31. The quantitative estimate of drug-likeness (QED) is 0.180. The lowest BCUT2D eigenvalue weighted by Crippen LogP contribution is -2.42. The fourth-order valence-electron chi connectivity index (χ4n) is 6.18. The number of rotatable bonds is 13. The number of carboxylic acids is 3. The van der Waals surface area contributed by atoms with E-state index in [-0.39, 0.29) is 11.9 Å². The predicted octanol–water partition coefficient (Wildman–Crippen LogP) is 1.94. The summed E-state index contributed by atoms with van der Waals surface area (Å²) in [5.41, 5.74) is -0.745. The van der Waals surface area contributed by atoms with Gasteiger partial charge in [0.1, 0.15) is 5.60 Å². The molecule has 1 aliphatic heterocycles. The van der Waals surface area contributed by atoms with E-state index in [1.54, 1.807) is 12.4 Å². The maximum atomic E-state index is 11.9. The molecule has 5 N–H and O–H groups in total. The number of hydrogen-bond acceptors (Lipinski definition) is 11. The van der Waals surface area contributed by atoms with Crippen molar-refractivity contribution in [1.82, 2.24) is 24.6 Å². The van der Waals surface area contributed by atoms with Crippen molar-refractivity contribution in [3.05, 3.63) is 60.0 Å². The fraction of sp³-hybridized carbons (Fsp3) is 0.484. The minimum absolute atomic E-state index is 0.107. The van der Waals surface area contributed by atoms with Gasteiger partial charge in [-0.2, -0.15) is 10.1 Å². The van der Waals surface area contributed by atoms with Crippen LogP contribution < -0.4 is 9.47 Å². The van der Waals surface area contributed by atoms with Crippen LogP contribution in [0.2, 0.25) is 0 Å². The number of para-hydroxylation sites is 1. The second-order valence-electron chi connectivity index (χ2n) is 11.3. The molecule has 3 heterocycles. The van der Waals surface area contributed by atoms with Crippen LogP contribution in [0.4, 0.5) is 0 Å². The molecule has 3 atom stereocenters. The van der Waals surface area contributed by atoms with Crippen LogP contribution in [0.5, 0.6) is 11.9 Å². The van der Waals surface area contributed by atoms with Crippen LogP contribution in [0.25, 0.3) is 5.69 Å². The molecule has 0 bridgehead atoms. The Morgan fingerprint density at radius 1 is 1.02 bits per heavy atom. The Hall–Kier alpha value is -4.60. The van der Waals surface area contributed by atoms with Crippen molar-refractivity contribution in [3.63, 3.8) is 0 Å². The lowest BCUT2D eigenvalue weighted by molar-refractivity contribution is -0.170. The largest absolute Gasteiger partial charge is 0.481 e. The first-order valence-electron chi connectivity index (χ1n) is 14.9. The van der Waals surface area contributed by atoms with Gasteiger partial charge in [-0.25, -0.2) is 14.5 Å². The second kappa shape index (κ2) is 14.7. The monoisotopic (exact) mass is 641 g/mol. The van der Waals surface area contributed by atoms with Gasteiger partial charge in [0.25, 0.3) is 0 Å². The molecular formula is C31H39N5O10. The number of carbonyl (C=O) groups is 3. The first-order valence-corrected chi connectivity index (χ1v) is 14.9. The van der Waals surface area contributed by atoms with Gasteiger partial charge >= 0.3 is 23.9 Å². The molecule has 1 aromatic carbocycles. The minimum atomic E-state index is -2.74. The number of aliphatic carboxylic acids is 3. The lowest BCUT2D eigenvalue weighted by atomic mass is 9.83. The molecule has 5 rings (SSSR count). The van der Waals surface area contributed by atoms with E-state index in [4.69, 9.17) is 29.9 Å². The molecule has 0 amide bonds. The van der Waals surface area contributed by atoms with Crippen LogP contribution in [-0.2, 0) is 26.5 Å². The Morgan fingerprint density at radius 3 is 2.33 bits per heavy atom. The van der Waals surface area contributed by atoms with Crippen molar-refractivity contribution in [2.45, 2.75) is 57.3 Å². The highest BCUT2D eigenvalue weighted by atomic mass is 16.5. The molecule has 46 heavy (non-hydrogen) atoms. The van der Waals surface area contributed by atoms with Gasteiger partial charge in [-0.05, 0) is 50.3 Å². The third kappa shape index (κ3) is 7.78. The normalized spacial score (nSPS) is 20.8. The molecule has 2 aliphatic rings. The fourth-order valence-corrected chi connectivity index (χ4v) is 6.18. The van der Waals surface area contributed by atoms with Crippen molar-refractivity contribution < 1.29 is 49.4 Å². The highest BCUT2D eigenvalue weighted by molar-refractivity contribution is 5.88. The molecule has 0 spiro atoms. The van der Waals surface area contributed by atoms with Gasteiger partial charge in [0.15, 0.2) is 5.60 Å². The molecule has 15 heteroatoms. The Morgan fingerprint density at radius 2 is 1.72 bits per heavy atom. The SMILES string of the molecule is CCOc1ncc([C@@]2(O)CC[C@@H]3CN(Cc4ccccc4-n4cccn4)C[C@@H]32)c(OCC)n1.O=C(O)CC(O)(CC(=O)O)C(=O)O. The number of fused-ring (bicyclic) bond motifs is 1. The molecule has 248 valence electrons. The van der Waals surface area contributed by atoms with E-state index < -0.39 is 42.0 Å². The summed E-state index contributed by atoms with van der Waals surface area (Å²) in [4.78, 5) is 41.7. The standard InChI is InChI=1S/C25H31N5O3.C6H8O7/c1-3-32-23-20(14-26-24(28-23)33-4-2)25(31)11-10-18-15-29(17-21(18)25)16-19-8-5-6-9-22(19)30-13-7-12-27-30;7-3(8)1-6(13,5(11)12)2-4(9)10/h5-9,12-14,18,21,31H,3-4,10-11,15-17H2,1-2H3;13H,1-2H2,(H,7,8)(H,9,10)(H,11,12)/t18-,21+,25+;/m1./s1. The van der Waals surface area contributed by atoms with Crippen LogP contribution in [0.3, 0.4) is 0 Å². The van der Waals surface area contributed by atoms with E-state index in [9.17, 15) is 19.5 Å². The van der Waals surface area contributed by atoms with Gasteiger partial charge in [-0.15, -0.1) is 0 Å². The second-order valence-corrected chi connectivity index (χ2v) is 11.3. The Kier molecular flexibility index (Phi) is 10.9. The Labute approximate surface area is 265 Å². The molecule has 1 aliphatic carbocycles. The highest BCUT2D eigenvalue weighted by Crippen LogP contribution is 2.52. The third-order valence-electron chi connectivity index (χ3n) is 8.20. The average molecular weight is 642 g/mol. The van der Waals surface area contributed by atoms with Crippen LogP contribution in [-0.4, -0.2) is 100.0 Å². The number of likely N-dealkylation sites (tertiary alicyclic amines) is 1. The first kappa shape index (κ1) is 34.3. The van der Waals surface area contributed by atoms with Crippen LogP contribution in [0, 0.1) is 11.8 Å². The van der Waals surface area contributed by atoms with E-state index in [0.717, 1.165) is 31.7 Å². The average Bonchev–Trinajstić information content (AvgIpc) is 3.73. The van der Waals surface area contributed by atoms with Crippen molar-refractivity contribution in [2.24, 2.45) is 11.8 Å². The number of carboxylic acid groups (broad SMARTS) is 3. The van der Waals surface area contributed by atoms with Crippen LogP contribution in [0.1, 0.15) is 50.7 Å². The van der Waals surface area contributed by atoms with Crippen molar-refractivity contribution in [2.75, 3.05) is 26.3 Å². The molecule has 1 saturated heterocycles. The van der Waals surface area contributed by atoms with Gasteiger partial charge in [0, 0.05) is 44.1 Å². The van der Waals surface area contributed by atoms with Gasteiger partial charge < -0.3 is 35.0 Å². The number of nitrogens with zero attached hydrogens (tertiary/aromatic N) is 5. The van der Waals surface area contributed by atoms with E-state index in [1.807, 2.05) is 36.9 Å². The van der Waals surface area contributed by atoms with E-state index in [1.165, 1.54) is 5.56 Å². The zero-order chi connectivity index (χ0) is 33.5. The highest BCUT2D eigenvalue weighted by Gasteiger charge is 2.54. The number of aromatic nitrogens is 4. The summed E-state index contributed by atoms with van der Waals surface area (Å²) in [5.74, 6) is -4.06.